The van der Waals surface area contributed by atoms with Crippen LogP contribution in [0.1, 0.15) is 32.6 Å². The SMILES string of the molecule is CCCNC1(C(F)F)CCCN(C)CC1. The number of nitrogens with zero attached hydrogens (tertiary/aromatic N) is 1. The maximum Gasteiger partial charge on any atom is 0.256 e. The summed E-state index contributed by atoms with van der Waals surface area (Å²) in [6, 6.07) is 0. The first-order chi connectivity index (χ1) is 7.10. The van der Waals surface area contributed by atoms with Crippen molar-refractivity contribution in [3.05, 3.63) is 0 Å². The Labute approximate surface area is 91.0 Å². The van der Waals surface area contributed by atoms with E-state index in [9.17, 15) is 8.78 Å². The Hall–Kier alpha value is -0.220. The van der Waals surface area contributed by atoms with E-state index in [1.807, 2.05) is 14.0 Å². The Bertz CT molecular complexity index is 183. The van der Waals surface area contributed by atoms with Crippen molar-refractivity contribution in [2.45, 2.75) is 44.6 Å². The van der Waals surface area contributed by atoms with Gasteiger partial charge in [-0.2, -0.15) is 0 Å². The zero-order valence-electron chi connectivity index (χ0n) is 9.73. The Morgan fingerprint density at radius 3 is 2.67 bits per heavy atom. The molecule has 2 nitrogen and oxygen atoms in total. The summed E-state index contributed by atoms with van der Waals surface area (Å²) in [7, 11) is 2.00. The predicted molar refractivity (Wildman–Crippen MR) is 58.4 cm³/mol. The van der Waals surface area contributed by atoms with E-state index < -0.39 is 12.0 Å². The van der Waals surface area contributed by atoms with Crippen molar-refractivity contribution in [1.29, 1.82) is 0 Å². The molecule has 15 heavy (non-hydrogen) atoms. The molecule has 1 N–H and O–H groups in total. The third kappa shape index (κ3) is 3.38. The Kier molecular flexibility index (Phi) is 4.93. The lowest BCUT2D eigenvalue weighted by Crippen LogP contribution is -2.52. The molecule has 1 fully saturated rings. The summed E-state index contributed by atoms with van der Waals surface area (Å²) < 4.78 is 26.3. The van der Waals surface area contributed by atoms with Crippen LogP contribution >= 0.6 is 0 Å². The quantitative estimate of drug-likeness (QED) is 0.780. The van der Waals surface area contributed by atoms with Gasteiger partial charge >= 0.3 is 0 Å². The highest BCUT2D eigenvalue weighted by Gasteiger charge is 2.39. The van der Waals surface area contributed by atoms with Gasteiger partial charge in [0, 0.05) is 0 Å². The lowest BCUT2D eigenvalue weighted by Gasteiger charge is -2.33. The third-order valence-corrected chi connectivity index (χ3v) is 3.25. The fourth-order valence-corrected chi connectivity index (χ4v) is 2.14. The second kappa shape index (κ2) is 5.75. The summed E-state index contributed by atoms with van der Waals surface area (Å²) in [4.78, 5) is 2.14. The smallest absolute Gasteiger partial charge is 0.256 e. The Balaban J connectivity index is 2.62. The molecule has 0 spiro atoms. The van der Waals surface area contributed by atoms with Crippen LogP contribution in [0.3, 0.4) is 0 Å². The van der Waals surface area contributed by atoms with Crippen LogP contribution < -0.4 is 5.32 Å². The van der Waals surface area contributed by atoms with Gasteiger partial charge in [0.15, 0.2) is 0 Å². The van der Waals surface area contributed by atoms with Crippen molar-refractivity contribution in [3.8, 4) is 0 Å². The molecule has 0 amide bonds. The van der Waals surface area contributed by atoms with Crippen LogP contribution in [-0.4, -0.2) is 43.5 Å². The molecule has 1 rings (SSSR count). The highest BCUT2D eigenvalue weighted by Crippen LogP contribution is 2.28. The molecule has 4 heteroatoms. The number of nitrogens with one attached hydrogen (secondary N) is 1. The minimum Gasteiger partial charge on any atom is -0.306 e. The molecule has 1 aliphatic rings. The molecule has 1 unspecified atom stereocenters. The molecule has 90 valence electrons. The van der Waals surface area contributed by atoms with Gasteiger partial charge in [-0.05, 0) is 52.4 Å². The van der Waals surface area contributed by atoms with E-state index in [1.165, 1.54) is 0 Å². The second-order valence-electron chi connectivity index (χ2n) is 4.54. The van der Waals surface area contributed by atoms with Crippen LogP contribution in [0.2, 0.25) is 0 Å². The zero-order valence-corrected chi connectivity index (χ0v) is 9.73. The number of hydrogen-bond donors (Lipinski definition) is 1. The molecular weight excluding hydrogens is 198 g/mol. The van der Waals surface area contributed by atoms with Gasteiger partial charge in [-0.25, -0.2) is 8.78 Å². The molecule has 0 bridgehead atoms. The first kappa shape index (κ1) is 12.8. The molecular formula is C11H22F2N2. The molecule has 0 aromatic heterocycles. The van der Waals surface area contributed by atoms with Gasteiger partial charge in [-0.3, -0.25) is 0 Å². The van der Waals surface area contributed by atoms with Crippen LogP contribution in [-0.2, 0) is 0 Å². The molecule has 1 aliphatic heterocycles. The summed E-state index contributed by atoms with van der Waals surface area (Å²) in [5.41, 5.74) is -0.930. The van der Waals surface area contributed by atoms with Crippen molar-refractivity contribution in [1.82, 2.24) is 10.2 Å². The molecule has 0 radical (unpaired) electrons. The van der Waals surface area contributed by atoms with Gasteiger partial charge in [0.2, 0.25) is 0 Å². The van der Waals surface area contributed by atoms with Gasteiger partial charge in [-0.1, -0.05) is 6.92 Å². The lowest BCUT2D eigenvalue weighted by atomic mass is 9.91. The maximum atomic E-state index is 13.1. The summed E-state index contributed by atoms with van der Waals surface area (Å²) in [5, 5.41) is 3.07. The Morgan fingerprint density at radius 2 is 2.07 bits per heavy atom. The van der Waals surface area contributed by atoms with E-state index in [1.54, 1.807) is 0 Å². The third-order valence-electron chi connectivity index (χ3n) is 3.25. The zero-order chi connectivity index (χ0) is 11.3. The highest BCUT2D eigenvalue weighted by atomic mass is 19.3. The molecule has 0 saturated carbocycles. The average Bonchev–Trinajstić information content (AvgIpc) is 2.39. The average molecular weight is 220 g/mol. The van der Waals surface area contributed by atoms with Crippen molar-refractivity contribution in [3.63, 3.8) is 0 Å². The van der Waals surface area contributed by atoms with Crippen molar-refractivity contribution in [2.24, 2.45) is 0 Å². The summed E-state index contributed by atoms with van der Waals surface area (Å²) in [5.74, 6) is 0. The number of likely N-dealkylation sites (tertiary alicyclic amines) is 1. The molecule has 1 saturated heterocycles. The topological polar surface area (TPSA) is 15.3 Å². The summed E-state index contributed by atoms with van der Waals surface area (Å²) in [6.07, 6.45) is 0.661. The number of alkyl halides is 2. The van der Waals surface area contributed by atoms with Crippen molar-refractivity contribution in [2.75, 3.05) is 26.7 Å². The van der Waals surface area contributed by atoms with E-state index >= 15 is 0 Å². The van der Waals surface area contributed by atoms with E-state index in [-0.39, 0.29) is 0 Å². The fourth-order valence-electron chi connectivity index (χ4n) is 2.14. The highest BCUT2D eigenvalue weighted by molar-refractivity contribution is 4.93. The maximum absolute atomic E-state index is 13.1. The van der Waals surface area contributed by atoms with E-state index in [2.05, 4.69) is 10.2 Å². The van der Waals surface area contributed by atoms with Gasteiger partial charge < -0.3 is 10.2 Å². The van der Waals surface area contributed by atoms with Crippen molar-refractivity contribution < 1.29 is 8.78 Å². The monoisotopic (exact) mass is 220 g/mol. The number of hydrogen-bond acceptors (Lipinski definition) is 2. The second-order valence-corrected chi connectivity index (χ2v) is 4.54. The number of rotatable bonds is 4. The molecule has 1 heterocycles. The minimum absolute atomic E-state index is 0.557. The van der Waals surface area contributed by atoms with Gasteiger partial charge in [0.1, 0.15) is 0 Å². The largest absolute Gasteiger partial charge is 0.306 e. The van der Waals surface area contributed by atoms with Crippen LogP contribution in [0, 0.1) is 0 Å². The van der Waals surface area contributed by atoms with Gasteiger partial charge in [0.05, 0.1) is 5.54 Å². The summed E-state index contributed by atoms with van der Waals surface area (Å²) >= 11 is 0. The number of halogens is 2. The first-order valence-corrected chi connectivity index (χ1v) is 5.82. The van der Waals surface area contributed by atoms with Crippen LogP contribution in [0.4, 0.5) is 8.78 Å². The van der Waals surface area contributed by atoms with E-state index in [4.69, 9.17) is 0 Å². The Morgan fingerprint density at radius 1 is 1.33 bits per heavy atom. The van der Waals surface area contributed by atoms with Crippen molar-refractivity contribution >= 4 is 0 Å². The van der Waals surface area contributed by atoms with Crippen LogP contribution in [0.5, 0.6) is 0 Å². The summed E-state index contributed by atoms with van der Waals surface area (Å²) in [6.45, 7) is 4.40. The van der Waals surface area contributed by atoms with E-state index in [0.29, 0.717) is 19.4 Å². The first-order valence-electron chi connectivity index (χ1n) is 5.82. The van der Waals surface area contributed by atoms with Gasteiger partial charge in [-0.15, -0.1) is 0 Å². The fraction of sp³-hybridized carbons (Fsp3) is 1.00. The normalized spacial score (nSPS) is 29.4. The van der Waals surface area contributed by atoms with E-state index in [0.717, 1.165) is 25.9 Å². The minimum atomic E-state index is -2.25. The lowest BCUT2D eigenvalue weighted by molar-refractivity contribution is 0.0207. The van der Waals surface area contributed by atoms with Crippen LogP contribution in [0.15, 0.2) is 0 Å². The molecule has 1 atom stereocenters. The van der Waals surface area contributed by atoms with Crippen LogP contribution in [0.25, 0.3) is 0 Å². The van der Waals surface area contributed by atoms with Gasteiger partial charge in [0.25, 0.3) is 6.43 Å². The molecule has 0 aliphatic carbocycles. The predicted octanol–water partition coefficient (Wildman–Crippen LogP) is 2.11. The molecule has 0 aromatic rings. The molecule has 0 aromatic carbocycles. The standard InChI is InChI=1S/C11H22F2N2/c1-3-7-14-11(10(12)13)5-4-8-15(2)9-6-11/h10,14H,3-9H2,1-2H3.